The molecule has 1 saturated heterocycles. The molecule has 0 spiro atoms. The van der Waals surface area contributed by atoms with E-state index in [1.807, 2.05) is 0 Å². The van der Waals surface area contributed by atoms with Crippen LogP contribution in [0.4, 0.5) is 4.39 Å². The van der Waals surface area contributed by atoms with Gasteiger partial charge >= 0.3 is 0 Å². The third-order valence-electron chi connectivity index (χ3n) is 4.45. The van der Waals surface area contributed by atoms with E-state index in [2.05, 4.69) is 24.1 Å². The quantitative estimate of drug-likeness (QED) is 0.915. The van der Waals surface area contributed by atoms with E-state index >= 15 is 0 Å². The zero-order valence-corrected chi connectivity index (χ0v) is 14.2. The fourth-order valence-corrected chi connectivity index (χ4v) is 2.98. The van der Waals surface area contributed by atoms with Crippen molar-refractivity contribution in [1.29, 1.82) is 0 Å². The summed E-state index contributed by atoms with van der Waals surface area (Å²) in [4.78, 5) is 16.3. The Morgan fingerprint density at radius 3 is 3.04 bits per heavy atom. The molecule has 1 fully saturated rings. The molecule has 0 bridgehead atoms. The maximum Gasteiger partial charge on any atom is 0.226 e. The van der Waals surface area contributed by atoms with Gasteiger partial charge in [0.25, 0.3) is 0 Å². The lowest BCUT2D eigenvalue weighted by atomic mass is 9.85. The second-order valence-corrected chi connectivity index (χ2v) is 7.30. The average Bonchev–Trinajstić information content (AvgIpc) is 2.90. The zero-order valence-electron chi connectivity index (χ0n) is 14.2. The van der Waals surface area contributed by atoms with Crippen molar-refractivity contribution >= 4 is 11.6 Å². The number of aromatic nitrogens is 2. The molecule has 0 aromatic carbocycles. The topological polar surface area (TPSA) is 55.6 Å². The number of rotatable bonds is 5. The summed E-state index contributed by atoms with van der Waals surface area (Å²) in [6.07, 6.45) is 6.50. The van der Waals surface area contributed by atoms with E-state index in [1.54, 1.807) is 16.7 Å². The SMILES string of the molecule is CC1(C)CCC(CCNC(=O)Cc2cn3cc(F)ccc3n2)OC1. The Hall–Kier alpha value is -1.95. The lowest BCUT2D eigenvalue weighted by Crippen LogP contribution is -2.35. The van der Waals surface area contributed by atoms with E-state index < -0.39 is 0 Å². The summed E-state index contributed by atoms with van der Waals surface area (Å²) in [5.74, 6) is -0.401. The first kappa shape index (κ1) is 16.9. The molecular weight excluding hydrogens is 309 g/mol. The molecule has 2 aromatic rings. The van der Waals surface area contributed by atoms with Gasteiger partial charge < -0.3 is 14.5 Å². The standard InChI is InChI=1S/C18H24FN3O2/c1-18(2)7-5-15(24-12-18)6-8-20-17(23)9-14-11-22-10-13(19)3-4-16(22)21-14/h3-4,10-11,15H,5-9,12H2,1-2H3,(H,20,23). The van der Waals surface area contributed by atoms with Gasteiger partial charge in [0.1, 0.15) is 11.5 Å². The second-order valence-electron chi connectivity index (χ2n) is 7.30. The highest BCUT2D eigenvalue weighted by Crippen LogP contribution is 2.30. The molecule has 130 valence electrons. The van der Waals surface area contributed by atoms with Gasteiger partial charge in [-0.2, -0.15) is 0 Å². The fraction of sp³-hybridized carbons (Fsp3) is 0.556. The number of hydrogen-bond acceptors (Lipinski definition) is 3. The van der Waals surface area contributed by atoms with Crippen LogP contribution in [-0.2, 0) is 16.0 Å². The zero-order chi connectivity index (χ0) is 17.2. The number of ether oxygens (including phenoxy) is 1. The number of carbonyl (C=O) groups is 1. The minimum Gasteiger partial charge on any atom is -0.378 e. The Kier molecular flexibility index (Phi) is 4.85. The number of carbonyl (C=O) groups excluding carboxylic acids is 1. The number of nitrogens with one attached hydrogen (secondary N) is 1. The molecule has 5 nitrogen and oxygen atoms in total. The second kappa shape index (κ2) is 6.89. The molecule has 3 heterocycles. The molecule has 0 saturated carbocycles. The number of amides is 1. The van der Waals surface area contributed by atoms with Gasteiger partial charge in [0.15, 0.2) is 0 Å². The summed E-state index contributed by atoms with van der Waals surface area (Å²) in [5, 5.41) is 2.91. The van der Waals surface area contributed by atoms with E-state index in [9.17, 15) is 9.18 Å². The van der Waals surface area contributed by atoms with Crippen LogP contribution in [0, 0.1) is 11.2 Å². The van der Waals surface area contributed by atoms with E-state index in [-0.39, 0.29) is 29.7 Å². The van der Waals surface area contributed by atoms with Crippen molar-refractivity contribution in [2.24, 2.45) is 5.41 Å². The van der Waals surface area contributed by atoms with Crippen LogP contribution < -0.4 is 5.32 Å². The number of halogens is 1. The van der Waals surface area contributed by atoms with Gasteiger partial charge in [-0.1, -0.05) is 13.8 Å². The lowest BCUT2D eigenvalue weighted by Gasteiger charge is -2.34. The Balaban J connectivity index is 1.44. The average molecular weight is 333 g/mol. The van der Waals surface area contributed by atoms with Gasteiger partial charge in [-0.05, 0) is 36.8 Å². The van der Waals surface area contributed by atoms with Gasteiger partial charge in [0.2, 0.25) is 5.91 Å². The maximum atomic E-state index is 13.2. The number of imidazole rings is 1. The normalized spacial score (nSPS) is 20.2. The highest BCUT2D eigenvalue weighted by Gasteiger charge is 2.27. The van der Waals surface area contributed by atoms with Gasteiger partial charge in [-0.3, -0.25) is 4.79 Å². The van der Waals surface area contributed by atoms with Crippen molar-refractivity contribution in [2.45, 2.75) is 45.6 Å². The predicted molar refractivity (Wildman–Crippen MR) is 89.2 cm³/mol. The summed E-state index contributed by atoms with van der Waals surface area (Å²) in [5.41, 5.74) is 1.54. The Bertz CT molecular complexity index is 716. The van der Waals surface area contributed by atoms with Crippen molar-refractivity contribution in [3.63, 3.8) is 0 Å². The highest BCUT2D eigenvalue weighted by atomic mass is 19.1. The van der Waals surface area contributed by atoms with Crippen molar-refractivity contribution in [1.82, 2.24) is 14.7 Å². The molecule has 1 aliphatic rings. The molecule has 6 heteroatoms. The number of nitrogens with zero attached hydrogens (tertiary/aromatic N) is 2. The Morgan fingerprint density at radius 1 is 1.46 bits per heavy atom. The smallest absolute Gasteiger partial charge is 0.226 e. The molecule has 2 aromatic heterocycles. The molecule has 1 amide bonds. The molecule has 1 aliphatic heterocycles. The van der Waals surface area contributed by atoms with E-state index in [1.165, 1.54) is 12.3 Å². The van der Waals surface area contributed by atoms with Crippen LogP contribution in [0.3, 0.4) is 0 Å². The van der Waals surface area contributed by atoms with Crippen molar-refractivity contribution in [3.8, 4) is 0 Å². The van der Waals surface area contributed by atoms with Crippen LogP contribution >= 0.6 is 0 Å². The largest absolute Gasteiger partial charge is 0.378 e. The molecule has 1 N–H and O–H groups in total. The monoisotopic (exact) mass is 333 g/mol. The minimum absolute atomic E-state index is 0.0741. The molecule has 1 unspecified atom stereocenters. The first-order valence-electron chi connectivity index (χ1n) is 8.43. The van der Waals surface area contributed by atoms with Crippen LogP contribution in [0.2, 0.25) is 0 Å². The van der Waals surface area contributed by atoms with Crippen molar-refractivity contribution in [2.75, 3.05) is 13.2 Å². The first-order valence-corrected chi connectivity index (χ1v) is 8.43. The molecule has 0 radical (unpaired) electrons. The van der Waals surface area contributed by atoms with Gasteiger partial charge in [0, 0.05) is 18.9 Å². The summed E-state index contributed by atoms with van der Waals surface area (Å²) in [6, 6.07) is 2.95. The Labute approximate surface area is 141 Å². The highest BCUT2D eigenvalue weighted by molar-refractivity contribution is 5.78. The van der Waals surface area contributed by atoms with Gasteiger partial charge in [-0.25, -0.2) is 9.37 Å². The van der Waals surface area contributed by atoms with E-state index in [0.29, 0.717) is 17.9 Å². The third-order valence-corrected chi connectivity index (χ3v) is 4.45. The molecule has 24 heavy (non-hydrogen) atoms. The minimum atomic E-state index is -0.327. The summed E-state index contributed by atoms with van der Waals surface area (Å²) in [6.45, 7) is 5.81. The molecule has 0 aliphatic carbocycles. The van der Waals surface area contributed by atoms with Gasteiger partial charge in [0.05, 0.1) is 24.8 Å². The van der Waals surface area contributed by atoms with Crippen LogP contribution in [0.5, 0.6) is 0 Å². The van der Waals surface area contributed by atoms with Crippen LogP contribution in [-0.4, -0.2) is 34.5 Å². The number of fused-ring (bicyclic) bond motifs is 1. The summed E-state index contributed by atoms with van der Waals surface area (Å²) >= 11 is 0. The van der Waals surface area contributed by atoms with Crippen LogP contribution in [0.15, 0.2) is 24.5 Å². The molecular formula is C18H24FN3O2. The molecule has 3 rings (SSSR count). The lowest BCUT2D eigenvalue weighted by molar-refractivity contribution is -0.120. The number of hydrogen-bond donors (Lipinski definition) is 1. The maximum absolute atomic E-state index is 13.2. The first-order chi connectivity index (χ1) is 11.4. The van der Waals surface area contributed by atoms with Gasteiger partial charge in [-0.15, -0.1) is 0 Å². The predicted octanol–water partition coefficient (Wildman–Crippen LogP) is 2.73. The number of pyridine rings is 1. The summed E-state index contributed by atoms with van der Waals surface area (Å²) < 4.78 is 20.6. The molecule has 1 atom stereocenters. The van der Waals surface area contributed by atoms with Crippen molar-refractivity contribution in [3.05, 3.63) is 36.0 Å². The Morgan fingerprint density at radius 2 is 2.29 bits per heavy atom. The third kappa shape index (κ3) is 4.32. The summed E-state index contributed by atoms with van der Waals surface area (Å²) in [7, 11) is 0. The fourth-order valence-electron chi connectivity index (χ4n) is 2.98. The van der Waals surface area contributed by atoms with Crippen molar-refractivity contribution < 1.29 is 13.9 Å². The van der Waals surface area contributed by atoms with E-state index in [4.69, 9.17) is 4.74 Å². The van der Waals surface area contributed by atoms with Crippen LogP contribution in [0.1, 0.15) is 38.8 Å². The van der Waals surface area contributed by atoms with Crippen LogP contribution in [0.25, 0.3) is 5.65 Å². The van der Waals surface area contributed by atoms with E-state index in [0.717, 1.165) is 25.9 Å².